The highest BCUT2D eigenvalue weighted by molar-refractivity contribution is 5.94. The molecule has 7 heteroatoms. The predicted octanol–water partition coefficient (Wildman–Crippen LogP) is 3.14. The summed E-state index contributed by atoms with van der Waals surface area (Å²) >= 11 is 0. The van der Waals surface area contributed by atoms with Crippen molar-refractivity contribution >= 4 is 11.9 Å². The minimum Gasteiger partial charge on any atom is -0.486 e. The lowest BCUT2D eigenvalue weighted by Gasteiger charge is -2.25. The van der Waals surface area contributed by atoms with Crippen molar-refractivity contribution in [1.82, 2.24) is 5.32 Å². The molecular weight excluding hydrogens is 374 g/mol. The minimum atomic E-state index is -0.488. The van der Waals surface area contributed by atoms with Gasteiger partial charge in [-0.2, -0.15) is 0 Å². The van der Waals surface area contributed by atoms with Crippen LogP contribution in [-0.2, 0) is 9.53 Å². The Hall–Kier alpha value is -3.22. The third kappa shape index (κ3) is 5.19. The Balaban J connectivity index is 1.74. The first kappa shape index (κ1) is 20.5. The highest BCUT2D eigenvalue weighted by atomic mass is 16.6. The number of ether oxygens (including phenoxy) is 4. The van der Waals surface area contributed by atoms with Crippen LogP contribution < -0.4 is 19.5 Å². The van der Waals surface area contributed by atoms with Crippen molar-refractivity contribution in [2.24, 2.45) is 5.92 Å². The van der Waals surface area contributed by atoms with Gasteiger partial charge in [-0.05, 0) is 41.8 Å². The first-order valence-electron chi connectivity index (χ1n) is 9.48. The van der Waals surface area contributed by atoms with E-state index in [1.54, 1.807) is 24.3 Å². The quantitative estimate of drug-likeness (QED) is 0.721. The summed E-state index contributed by atoms with van der Waals surface area (Å²) in [5.41, 5.74) is 1.38. The van der Waals surface area contributed by atoms with Gasteiger partial charge in [-0.1, -0.05) is 26.0 Å². The number of esters is 1. The molecule has 2 aromatic rings. The number of hydrogen-bond donors (Lipinski definition) is 1. The Labute approximate surface area is 169 Å². The minimum absolute atomic E-state index is 0.153. The van der Waals surface area contributed by atoms with E-state index >= 15 is 0 Å². The zero-order valence-electron chi connectivity index (χ0n) is 16.8. The normalized spacial score (nSPS) is 13.5. The molecule has 1 aliphatic rings. The number of hydrogen-bond acceptors (Lipinski definition) is 6. The molecule has 154 valence electrons. The van der Waals surface area contributed by atoms with Crippen molar-refractivity contribution in [3.8, 4) is 17.2 Å². The van der Waals surface area contributed by atoms with Crippen LogP contribution in [0.25, 0.3) is 0 Å². The van der Waals surface area contributed by atoms with E-state index in [4.69, 9.17) is 14.2 Å². The zero-order valence-corrected chi connectivity index (χ0v) is 16.8. The summed E-state index contributed by atoms with van der Waals surface area (Å²) in [7, 11) is 1.29. The lowest BCUT2D eigenvalue weighted by Crippen LogP contribution is -2.32. The van der Waals surface area contributed by atoms with Crippen LogP contribution >= 0.6 is 0 Å². The number of rotatable bonds is 7. The summed E-state index contributed by atoms with van der Waals surface area (Å²) in [5, 5.41) is 3.08. The van der Waals surface area contributed by atoms with Gasteiger partial charge in [0.2, 0.25) is 0 Å². The van der Waals surface area contributed by atoms with Crippen molar-refractivity contribution in [2.45, 2.75) is 19.9 Å². The fourth-order valence-electron chi connectivity index (χ4n) is 3.04. The highest BCUT2D eigenvalue weighted by Gasteiger charge is 2.22. The van der Waals surface area contributed by atoms with E-state index < -0.39 is 5.97 Å². The van der Waals surface area contributed by atoms with Crippen LogP contribution in [0.2, 0.25) is 0 Å². The molecule has 0 radical (unpaired) electrons. The fourth-order valence-corrected chi connectivity index (χ4v) is 3.04. The molecule has 1 aliphatic heterocycles. The number of benzene rings is 2. The van der Waals surface area contributed by atoms with Crippen LogP contribution in [-0.4, -0.2) is 38.8 Å². The smallest absolute Gasteiger partial charge is 0.343 e. The van der Waals surface area contributed by atoms with Gasteiger partial charge < -0.3 is 24.3 Å². The standard InChI is InChI=1S/C22H25NO6/c1-14(2)21(15-7-8-18-19(12-15)28-10-9-27-18)23-22(25)16-5-4-6-17(11-16)29-13-20(24)26-3/h4-8,11-12,14,21H,9-10,13H2,1-3H3,(H,23,25). The monoisotopic (exact) mass is 399 g/mol. The SMILES string of the molecule is COC(=O)COc1cccc(C(=O)NC(c2ccc3c(c2)OCCO3)C(C)C)c1. The molecule has 2 aromatic carbocycles. The Bertz CT molecular complexity index is 879. The third-order valence-corrected chi connectivity index (χ3v) is 4.56. The van der Waals surface area contributed by atoms with Crippen LogP contribution in [0, 0.1) is 5.92 Å². The molecule has 1 unspecified atom stereocenters. The molecule has 7 nitrogen and oxygen atoms in total. The van der Waals surface area contributed by atoms with Crippen molar-refractivity contribution in [1.29, 1.82) is 0 Å². The zero-order chi connectivity index (χ0) is 20.8. The van der Waals surface area contributed by atoms with E-state index in [2.05, 4.69) is 10.1 Å². The molecule has 0 saturated carbocycles. The Morgan fingerprint density at radius 2 is 1.83 bits per heavy atom. The van der Waals surface area contributed by atoms with Crippen LogP contribution in [0.3, 0.4) is 0 Å². The molecule has 0 fully saturated rings. The van der Waals surface area contributed by atoms with Gasteiger partial charge in [0.05, 0.1) is 13.2 Å². The van der Waals surface area contributed by atoms with Gasteiger partial charge in [-0.25, -0.2) is 4.79 Å². The molecule has 3 rings (SSSR count). The van der Waals surface area contributed by atoms with E-state index in [-0.39, 0.29) is 24.5 Å². The molecule has 1 heterocycles. The number of methoxy groups -OCH3 is 1. The largest absolute Gasteiger partial charge is 0.486 e. The van der Waals surface area contributed by atoms with Gasteiger partial charge in [0.15, 0.2) is 18.1 Å². The van der Waals surface area contributed by atoms with E-state index in [1.807, 2.05) is 32.0 Å². The predicted molar refractivity (Wildman–Crippen MR) is 106 cm³/mol. The molecule has 1 N–H and O–H groups in total. The van der Waals surface area contributed by atoms with E-state index in [1.165, 1.54) is 7.11 Å². The number of nitrogens with one attached hydrogen (secondary N) is 1. The van der Waals surface area contributed by atoms with Crippen LogP contribution in [0.5, 0.6) is 17.2 Å². The summed E-state index contributed by atoms with van der Waals surface area (Å²) in [6.45, 7) is 4.90. The summed E-state index contributed by atoms with van der Waals surface area (Å²) in [6, 6.07) is 12.2. The molecule has 0 spiro atoms. The second kappa shape index (κ2) is 9.32. The van der Waals surface area contributed by atoms with Crippen molar-refractivity contribution in [3.05, 3.63) is 53.6 Å². The second-order valence-electron chi connectivity index (χ2n) is 6.99. The van der Waals surface area contributed by atoms with Crippen LogP contribution in [0.15, 0.2) is 42.5 Å². The molecule has 0 aliphatic carbocycles. The summed E-state index contributed by atoms with van der Waals surface area (Å²) < 4.78 is 21.2. The molecule has 0 saturated heterocycles. The van der Waals surface area contributed by atoms with Gasteiger partial charge in [0.25, 0.3) is 5.91 Å². The van der Waals surface area contributed by atoms with Crippen molar-refractivity contribution < 1.29 is 28.5 Å². The number of fused-ring (bicyclic) bond motifs is 1. The highest BCUT2D eigenvalue weighted by Crippen LogP contribution is 2.34. The maximum atomic E-state index is 12.9. The fraction of sp³-hybridized carbons (Fsp3) is 0.364. The molecule has 0 aromatic heterocycles. The Morgan fingerprint density at radius 1 is 1.07 bits per heavy atom. The first-order valence-corrected chi connectivity index (χ1v) is 9.48. The Morgan fingerprint density at radius 3 is 2.55 bits per heavy atom. The lowest BCUT2D eigenvalue weighted by molar-refractivity contribution is -0.142. The van der Waals surface area contributed by atoms with Crippen molar-refractivity contribution in [3.63, 3.8) is 0 Å². The van der Waals surface area contributed by atoms with E-state index in [9.17, 15) is 9.59 Å². The maximum Gasteiger partial charge on any atom is 0.343 e. The van der Waals surface area contributed by atoms with Crippen LogP contribution in [0.1, 0.15) is 35.8 Å². The molecule has 29 heavy (non-hydrogen) atoms. The number of carbonyl (C=O) groups excluding carboxylic acids is 2. The molecule has 1 atom stereocenters. The average Bonchev–Trinajstić information content (AvgIpc) is 2.75. The average molecular weight is 399 g/mol. The van der Waals surface area contributed by atoms with E-state index in [0.717, 1.165) is 5.56 Å². The lowest BCUT2D eigenvalue weighted by atomic mass is 9.95. The topological polar surface area (TPSA) is 83.1 Å². The number of carbonyl (C=O) groups is 2. The van der Waals surface area contributed by atoms with E-state index in [0.29, 0.717) is 36.0 Å². The molecule has 0 bridgehead atoms. The van der Waals surface area contributed by atoms with Gasteiger partial charge in [0, 0.05) is 5.56 Å². The number of amides is 1. The third-order valence-electron chi connectivity index (χ3n) is 4.56. The van der Waals surface area contributed by atoms with Gasteiger partial charge in [-0.3, -0.25) is 4.79 Å². The molecular formula is C22H25NO6. The van der Waals surface area contributed by atoms with Gasteiger partial charge in [-0.15, -0.1) is 0 Å². The first-order chi connectivity index (χ1) is 14.0. The van der Waals surface area contributed by atoms with Crippen LogP contribution in [0.4, 0.5) is 0 Å². The Kier molecular flexibility index (Phi) is 6.59. The maximum absolute atomic E-state index is 12.9. The summed E-state index contributed by atoms with van der Waals surface area (Å²) in [5.74, 6) is 1.25. The van der Waals surface area contributed by atoms with Crippen molar-refractivity contribution in [2.75, 3.05) is 26.9 Å². The summed E-state index contributed by atoms with van der Waals surface area (Å²) in [4.78, 5) is 24.1. The molecule has 1 amide bonds. The van der Waals surface area contributed by atoms with Gasteiger partial charge in [0.1, 0.15) is 19.0 Å². The summed E-state index contributed by atoms with van der Waals surface area (Å²) in [6.07, 6.45) is 0. The van der Waals surface area contributed by atoms with Gasteiger partial charge >= 0.3 is 5.97 Å². The second-order valence-corrected chi connectivity index (χ2v) is 6.99.